The lowest BCUT2D eigenvalue weighted by Crippen LogP contribution is -1.96. The van der Waals surface area contributed by atoms with Crippen LogP contribution in [0, 0.1) is 5.82 Å². The number of halogens is 1. The summed E-state index contributed by atoms with van der Waals surface area (Å²) in [7, 11) is 0. The van der Waals surface area contributed by atoms with Gasteiger partial charge in [-0.1, -0.05) is 36.4 Å². The molecule has 4 rings (SSSR count). The second kappa shape index (κ2) is 6.20. The first kappa shape index (κ1) is 14.5. The highest BCUT2D eigenvalue weighted by atomic mass is 19.1. The van der Waals surface area contributed by atoms with Crippen LogP contribution in [0.4, 0.5) is 4.39 Å². The number of hydrogen-bond acceptors (Lipinski definition) is 1. The van der Waals surface area contributed by atoms with Gasteiger partial charge in [0.2, 0.25) is 0 Å². The highest BCUT2D eigenvalue weighted by molar-refractivity contribution is 5.87. The molecule has 0 saturated carbocycles. The summed E-state index contributed by atoms with van der Waals surface area (Å²) >= 11 is 0. The number of hydrogen-bond donors (Lipinski definition) is 0. The molecule has 0 N–H and O–H groups in total. The molecular weight excluding hydrogens is 301 g/mol. The Bertz CT molecular complexity index is 958. The third-order valence-electron chi connectivity index (χ3n) is 4.03. The minimum absolute atomic E-state index is 0.234. The fraction of sp³-hybridized carbons (Fsp3) is 0.0476. The van der Waals surface area contributed by atoms with Gasteiger partial charge in [-0.05, 0) is 48.0 Å². The van der Waals surface area contributed by atoms with Crippen LogP contribution >= 0.6 is 0 Å². The van der Waals surface area contributed by atoms with E-state index in [0.29, 0.717) is 6.61 Å². The number of aromatic nitrogens is 1. The van der Waals surface area contributed by atoms with Crippen molar-refractivity contribution in [3.63, 3.8) is 0 Å². The third kappa shape index (κ3) is 2.76. The molecule has 0 fully saturated rings. The second-order valence-corrected chi connectivity index (χ2v) is 5.63. The molecule has 3 aromatic carbocycles. The van der Waals surface area contributed by atoms with Crippen LogP contribution in [0.3, 0.4) is 0 Å². The van der Waals surface area contributed by atoms with E-state index in [1.165, 1.54) is 12.1 Å². The van der Waals surface area contributed by atoms with Crippen molar-refractivity contribution < 1.29 is 9.13 Å². The van der Waals surface area contributed by atoms with Crippen LogP contribution in [-0.4, -0.2) is 4.57 Å². The van der Waals surface area contributed by atoms with Gasteiger partial charge in [0.25, 0.3) is 0 Å². The van der Waals surface area contributed by atoms with Gasteiger partial charge >= 0.3 is 0 Å². The van der Waals surface area contributed by atoms with Crippen LogP contribution in [0.1, 0.15) is 5.56 Å². The summed E-state index contributed by atoms with van der Waals surface area (Å²) in [5, 5.41) is 1.04. The average molecular weight is 317 g/mol. The summed E-state index contributed by atoms with van der Waals surface area (Å²) in [4.78, 5) is 0. The van der Waals surface area contributed by atoms with Gasteiger partial charge in [0, 0.05) is 17.3 Å². The summed E-state index contributed by atoms with van der Waals surface area (Å²) in [6, 6.07) is 24.6. The van der Waals surface area contributed by atoms with Gasteiger partial charge in [-0.25, -0.2) is 4.39 Å². The zero-order valence-electron chi connectivity index (χ0n) is 13.0. The standard InChI is InChI=1S/C21H16FNO/c22-17-9-11-18(12-10-17)23-14-13-19-20(23)7-4-8-21(19)24-15-16-5-2-1-3-6-16/h1-14H,15H2. The number of ether oxygens (including phenoxy) is 1. The van der Waals surface area contributed by atoms with Gasteiger partial charge in [-0.2, -0.15) is 0 Å². The molecule has 0 amide bonds. The minimum Gasteiger partial charge on any atom is -0.488 e. The molecule has 0 aliphatic rings. The monoisotopic (exact) mass is 317 g/mol. The van der Waals surface area contributed by atoms with E-state index in [2.05, 4.69) is 0 Å². The Hall–Kier alpha value is -3.07. The quantitative estimate of drug-likeness (QED) is 0.495. The Morgan fingerprint density at radius 3 is 2.38 bits per heavy atom. The molecule has 0 atom stereocenters. The Kier molecular flexibility index (Phi) is 3.75. The number of fused-ring (bicyclic) bond motifs is 1. The van der Waals surface area contributed by atoms with Gasteiger partial charge in [-0.15, -0.1) is 0 Å². The van der Waals surface area contributed by atoms with Crippen LogP contribution in [0.15, 0.2) is 85.1 Å². The summed E-state index contributed by atoms with van der Waals surface area (Å²) < 4.78 is 21.2. The molecule has 0 radical (unpaired) electrons. The molecule has 24 heavy (non-hydrogen) atoms. The second-order valence-electron chi connectivity index (χ2n) is 5.63. The third-order valence-corrected chi connectivity index (χ3v) is 4.03. The number of nitrogens with zero attached hydrogens (tertiary/aromatic N) is 1. The van der Waals surface area contributed by atoms with Crippen molar-refractivity contribution >= 4 is 10.9 Å². The topological polar surface area (TPSA) is 14.2 Å². The SMILES string of the molecule is Fc1ccc(-n2ccc3c(OCc4ccccc4)cccc32)cc1. The van der Waals surface area contributed by atoms with Gasteiger partial charge in [0.15, 0.2) is 0 Å². The lowest BCUT2D eigenvalue weighted by Gasteiger charge is -2.09. The van der Waals surface area contributed by atoms with Crippen molar-refractivity contribution in [1.29, 1.82) is 0 Å². The highest BCUT2D eigenvalue weighted by Gasteiger charge is 2.08. The van der Waals surface area contributed by atoms with Crippen LogP contribution in [0.2, 0.25) is 0 Å². The first-order valence-corrected chi connectivity index (χ1v) is 7.84. The first-order chi connectivity index (χ1) is 11.8. The van der Waals surface area contributed by atoms with E-state index < -0.39 is 0 Å². The van der Waals surface area contributed by atoms with Crippen LogP contribution in [0.25, 0.3) is 16.6 Å². The maximum Gasteiger partial charge on any atom is 0.129 e. The summed E-state index contributed by atoms with van der Waals surface area (Å²) in [5.41, 5.74) is 3.09. The predicted octanol–water partition coefficient (Wildman–Crippen LogP) is 5.35. The van der Waals surface area contributed by atoms with Gasteiger partial charge in [0.05, 0.1) is 5.52 Å². The van der Waals surface area contributed by atoms with Gasteiger partial charge < -0.3 is 9.30 Å². The zero-order valence-corrected chi connectivity index (χ0v) is 13.0. The molecule has 0 aliphatic heterocycles. The van der Waals surface area contributed by atoms with E-state index in [9.17, 15) is 4.39 Å². The molecule has 0 aliphatic carbocycles. The summed E-state index contributed by atoms with van der Waals surface area (Å²) in [5.74, 6) is 0.610. The molecule has 1 aromatic heterocycles. The molecule has 0 saturated heterocycles. The minimum atomic E-state index is -0.234. The molecule has 4 aromatic rings. The molecule has 1 heterocycles. The van der Waals surface area contributed by atoms with E-state index in [1.54, 1.807) is 12.1 Å². The first-order valence-electron chi connectivity index (χ1n) is 7.84. The molecule has 2 nitrogen and oxygen atoms in total. The lowest BCUT2D eigenvalue weighted by atomic mass is 10.2. The lowest BCUT2D eigenvalue weighted by molar-refractivity contribution is 0.310. The van der Waals surface area contributed by atoms with E-state index in [0.717, 1.165) is 27.9 Å². The van der Waals surface area contributed by atoms with E-state index in [1.807, 2.05) is 65.4 Å². The van der Waals surface area contributed by atoms with Crippen molar-refractivity contribution in [1.82, 2.24) is 4.57 Å². The van der Waals surface area contributed by atoms with E-state index in [-0.39, 0.29) is 5.82 Å². The molecule has 3 heteroatoms. The maximum absolute atomic E-state index is 13.1. The van der Waals surface area contributed by atoms with Crippen molar-refractivity contribution in [3.05, 3.63) is 96.4 Å². The van der Waals surface area contributed by atoms with Crippen molar-refractivity contribution in [2.24, 2.45) is 0 Å². The largest absolute Gasteiger partial charge is 0.488 e. The van der Waals surface area contributed by atoms with Crippen LogP contribution in [0.5, 0.6) is 5.75 Å². The van der Waals surface area contributed by atoms with Gasteiger partial charge in [-0.3, -0.25) is 0 Å². The van der Waals surface area contributed by atoms with Crippen molar-refractivity contribution in [3.8, 4) is 11.4 Å². The summed E-state index contributed by atoms with van der Waals surface area (Å²) in [6.45, 7) is 0.529. The molecule has 0 spiro atoms. The fourth-order valence-corrected chi connectivity index (χ4v) is 2.83. The number of rotatable bonds is 4. The van der Waals surface area contributed by atoms with Crippen molar-refractivity contribution in [2.75, 3.05) is 0 Å². The van der Waals surface area contributed by atoms with Crippen molar-refractivity contribution in [2.45, 2.75) is 6.61 Å². The highest BCUT2D eigenvalue weighted by Crippen LogP contribution is 2.29. The fourth-order valence-electron chi connectivity index (χ4n) is 2.83. The normalized spacial score (nSPS) is 10.9. The average Bonchev–Trinajstić information content (AvgIpc) is 3.06. The van der Waals surface area contributed by atoms with E-state index in [4.69, 9.17) is 4.74 Å². The molecule has 118 valence electrons. The number of benzene rings is 3. The smallest absolute Gasteiger partial charge is 0.129 e. The molecule has 0 unspecified atom stereocenters. The van der Waals surface area contributed by atoms with Crippen LogP contribution in [-0.2, 0) is 6.61 Å². The van der Waals surface area contributed by atoms with Gasteiger partial charge in [0.1, 0.15) is 18.2 Å². The Balaban J connectivity index is 1.67. The Morgan fingerprint density at radius 1 is 0.792 bits per heavy atom. The molecular formula is C21H16FNO. The Labute approximate surface area is 139 Å². The zero-order chi connectivity index (χ0) is 16.4. The summed E-state index contributed by atoms with van der Waals surface area (Å²) in [6.07, 6.45) is 1.98. The molecule has 0 bridgehead atoms. The van der Waals surface area contributed by atoms with E-state index >= 15 is 0 Å². The van der Waals surface area contributed by atoms with Crippen LogP contribution < -0.4 is 4.74 Å². The predicted molar refractivity (Wildman–Crippen MR) is 94.0 cm³/mol. The Morgan fingerprint density at radius 2 is 1.58 bits per heavy atom. The maximum atomic E-state index is 13.1.